The SMILES string of the molecule is CCCc1nc2nc(C)c(NC(=O)N(C)C)cc2n1Cc1ccc(-c2ccccc2C(=O)OC(C)(C)C)cc1. The number of hydrogen-bond donors (Lipinski definition) is 1. The van der Waals surface area contributed by atoms with Crippen molar-refractivity contribution in [3.63, 3.8) is 0 Å². The van der Waals surface area contributed by atoms with Crippen LogP contribution in [0.25, 0.3) is 22.3 Å². The van der Waals surface area contributed by atoms with E-state index >= 15 is 0 Å². The van der Waals surface area contributed by atoms with Gasteiger partial charge in [0.1, 0.15) is 11.4 Å². The van der Waals surface area contributed by atoms with E-state index < -0.39 is 5.60 Å². The Morgan fingerprint density at radius 2 is 1.72 bits per heavy atom. The van der Waals surface area contributed by atoms with Crippen LogP contribution in [0.1, 0.15) is 61.6 Å². The van der Waals surface area contributed by atoms with Crippen LogP contribution in [0.4, 0.5) is 10.5 Å². The molecule has 0 aliphatic carbocycles. The van der Waals surface area contributed by atoms with Gasteiger partial charge in [0.2, 0.25) is 0 Å². The van der Waals surface area contributed by atoms with Gasteiger partial charge in [-0.1, -0.05) is 49.4 Å². The number of ether oxygens (including phenoxy) is 1. The number of fused-ring (bicyclic) bond motifs is 1. The molecule has 204 valence electrons. The van der Waals surface area contributed by atoms with Crippen LogP contribution in [0.15, 0.2) is 54.6 Å². The summed E-state index contributed by atoms with van der Waals surface area (Å²) in [6, 6.07) is 17.5. The summed E-state index contributed by atoms with van der Waals surface area (Å²) in [6.07, 6.45) is 1.77. The molecule has 0 radical (unpaired) electrons. The van der Waals surface area contributed by atoms with E-state index in [0.717, 1.165) is 46.6 Å². The molecular formula is C31H37N5O3. The molecule has 39 heavy (non-hydrogen) atoms. The van der Waals surface area contributed by atoms with Gasteiger partial charge in [0.15, 0.2) is 5.65 Å². The first-order valence-electron chi connectivity index (χ1n) is 13.2. The van der Waals surface area contributed by atoms with Crippen LogP contribution in [-0.4, -0.2) is 51.1 Å². The fourth-order valence-corrected chi connectivity index (χ4v) is 4.35. The third-order valence-electron chi connectivity index (χ3n) is 6.28. The van der Waals surface area contributed by atoms with E-state index in [2.05, 4.69) is 33.9 Å². The lowest BCUT2D eigenvalue weighted by Crippen LogP contribution is -2.27. The van der Waals surface area contributed by atoms with Crippen molar-refractivity contribution in [1.82, 2.24) is 19.4 Å². The van der Waals surface area contributed by atoms with Crippen molar-refractivity contribution in [3.8, 4) is 11.1 Å². The number of carbonyl (C=O) groups excluding carboxylic acids is 2. The molecule has 4 aromatic rings. The number of pyridine rings is 1. The molecule has 0 saturated carbocycles. The smallest absolute Gasteiger partial charge is 0.339 e. The van der Waals surface area contributed by atoms with Crippen LogP contribution in [0, 0.1) is 6.92 Å². The number of aromatic nitrogens is 3. The molecule has 0 atom stereocenters. The first-order valence-corrected chi connectivity index (χ1v) is 13.2. The number of nitrogens with zero attached hydrogens (tertiary/aromatic N) is 4. The number of hydrogen-bond acceptors (Lipinski definition) is 5. The summed E-state index contributed by atoms with van der Waals surface area (Å²) in [5.41, 5.74) is 5.76. The van der Waals surface area contributed by atoms with Gasteiger partial charge in [-0.3, -0.25) is 0 Å². The standard InChI is InChI=1S/C31H37N5O3/c1-8-11-27-34-28-26(18-25(20(2)32-28)33-30(38)35(6)7)36(27)19-21-14-16-22(17-15-21)23-12-9-10-13-24(23)29(37)39-31(3,4)5/h9-10,12-18H,8,11,19H2,1-7H3,(H,33,38). The number of imidazole rings is 1. The quantitative estimate of drug-likeness (QED) is 0.279. The molecule has 0 aliphatic heterocycles. The van der Waals surface area contributed by atoms with E-state index in [0.29, 0.717) is 23.4 Å². The normalized spacial score (nSPS) is 11.5. The van der Waals surface area contributed by atoms with Crippen molar-refractivity contribution in [3.05, 3.63) is 77.2 Å². The highest BCUT2D eigenvalue weighted by Crippen LogP contribution is 2.28. The lowest BCUT2D eigenvalue weighted by molar-refractivity contribution is 0.00704. The number of esters is 1. The van der Waals surface area contributed by atoms with Crippen LogP contribution >= 0.6 is 0 Å². The molecule has 8 nitrogen and oxygen atoms in total. The summed E-state index contributed by atoms with van der Waals surface area (Å²) in [7, 11) is 3.41. The third kappa shape index (κ3) is 6.45. The molecule has 2 amide bonds. The van der Waals surface area contributed by atoms with Crippen molar-refractivity contribution in [1.29, 1.82) is 0 Å². The monoisotopic (exact) mass is 527 g/mol. The van der Waals surface area contributed by atoms with Crippen LogP contribution in [-0.2, 0) is 17.7 Å². The average Bonchev–Trinajstić information content (AvgIpc) is 3.19. The highest BCUT2D eigenvalue weighted by molar-refractivity contribution is 5.97. The Kier molecular flexibility index (Phi) is 8.04. The fourth-order valence-electron chi connectivity index (χ4n) is 4.35. The Morgan fingerprint density at radius 3 is 2.36 bits per heavy atom. The fraction of sp³-hybridized carbons (Fsp3) is 0.355. The topological polar surface area (TPSA) is 89.4 Å². The molecule has 2 aromatic carbocycles. The zero-order chi connectivity index (χ0) is 28.3. The number of benzene rings is 2. The Bertz CT molecular complexity index is 1500. The minimum Gasteiger partial charge on any atom is -0.456 e. The molecule has 0 aliphatic rings. The van der Waals surface area contributed by atoms with E-state index in [4.69, 9.17) is 9.72 Å². The molecular weight excluding hydrogens is 490 g/mol. The molecule has 2 aromatic heterocycles. The number of nitrogens with one attached hydrogen (secondary N) is 1. The zero-order valence-electron chi connectivity index (χ0n) is 23.8. The Hall–Kier alpha value is -4.20. The van der Waals surface area contributed by atoms with Crippen LogP contribution in [0.3, 0.4) is 0 Å². The number of anilines is 1. The van der Waals surface area contributed by atoms with Crippen molar-refractivity contribution in [2.75, 3.05) is 19.4 Å². The summed E-state index contributed by atoms with van der Waals surface area (Å²) < 4.78 is 7.79. The molecule has 0 fully saturated rings. The van der Waals surface area contributed by atoms with E-state index in [1.165, 1.54) is 4.90 Å². The molecule has 0 saturated heterocycles. The molecule has 4 rings (SSSR count). The number of rotatable bonds is 7. The van der Waals surface area contributed by atoms with Crippen molar-refractivity contribution >= 4 is 28.9 Å². The summed E-state index contributed by atoms with van der Waals surface area (Å²) in [6.45, 7) is 10.2. The van der Waals surface area contributed by atoms with Gasteiger partial charge in [0, 0.05) is 27.1 Å². The van der Waals surface area contributed by atoms with E-state index in [9.17, 15) is 9.59 Å². The second-order valence-corrected chi connectivity index (χ2v) is 10.9. The van der Waals surface area contributed by atoms with Gasteiger partial charge in [-0.15, -0.1) is 0 Å². The third-order valence-corrected chi connectivity index (χ3v) is 6.28. The van der Waals surface area contributed by atoms with Gasteiger partial charge in [-0.25, -0.2) is 19.6 Å². The van der Waals surface area contributed by atoms with Gasteiger partial charge < -0.3 is 19.5 Å². The number of carbonyl (C=O) groups is 2. The van der Waals surface area contributed by atoms with Gasteiger partial charge in [0.05, 0.1) is 22.5 Å². The first-order chi connectivity index (χ1) is 18.5. The summed E-state index contributed by atoms with van der Waals surface area (Å²) in [5, 5.41) is 2.93. The van der Waals surface area contributed by atoms with Gasteiger partial charge in [-0.05, 0) is 62.9 Å². The number of urea groups is 1. The minimum absolute atomic E-state index is 0.207. The molecule has 0 bridgehead atoms. The highest BCUT2D eigenvalue weighted by Gasteiger charge is 2.21. The minimum atomic E-state index is -0.569. The van der Waals surface area contributed by atoms with Crippen molar-refractivity contribution in [2.45, 2.75) is 59.6 Å². The summed E-state index contributed by atoms with van der Waals surface area (Å²) in [5.74, 6) is 0.617. The van der Waals surface area contributed by atoms with Gasteiger partial charge >= 0.3 is 12.0 Å². The molecule has 1 N–H and O–H groups in total. The van der Waals surface area contributed by atoms with Crippen molar-refractivity contribution in [2.24, 2.45) is 0 Å². The van der Waals surface area contributed by atoms with Gasteiger partial charge in [-0.2, -0.15) is 0 Å². The van der Waals surface area contributed by atoms with Gasteiger partial charge in [0.25, 0.3) is 0 Å². The van der Waals surface area contributed by atoms with Crippen LogP contribution in [0.5, 0.6) is 0 Å². The maximum Gasteiger partial charge on any atom is 0.339 e. The zero-order valence-corrected chi connectivity index (χ0v) is 23.8. The molecule has 0 spiro atoms. The Morgan fingerprint density at radius 1 is 1.03 bits per heavy atom. The highest BCUT2D eigenvalue weighted by atomic mass is 16.6. The van der Waals surface area contributed by atoms with Crippen LogP contribution < -0.4 is 5.32 Å². The Balaban J connectivity index is 1.67. The van der Waals surface area contributed by atoms with E-state index in [1.807, 2.05) is 64.1 Å². The van der Waals surface area contributed by atoms with Crippen molar-refractivity contribution < 1.29 is 14.3 Å². The molecule has 8 heteroatoms. The predicted octanol–water partition coefficient (Wildman–Crippen LogP) is 6.46. The average molecular weight is 528 g/mol. The first kappa shape index (κ1) is 27.8. The van der Waals surface area contributed by atoms with E-state index in [1.54, 1.807) is 20.2 Å². The lowest BCUT2D eigenvalue weighted by Gasteiger charge is -2.20. The summed E-state index contributed by atoms with van der Waals surface area (Å²) >= 11 is 0. The maximum atomic E-state index is 12.8. The second-order valence-electron chi connectivity index (χ2n) is 10.9. The second kappa shape index (κ2) is 11.3. The Labute approximate surface area is 230 Å². The van der Waals surface area contributed by atoms with Crippen LogP contribution in [0.2, 0.25) is 0 Å². The predicted molar refractivity (Wildman–Crippen MR) is 155 cm³/mol. The maximum absolute atomic E-state index is 12.8. The molecule has 2 heterocycles. The number of amides is 2. The molecule has 0 unspecified atom stereocenters. The number of aryl methyl sites for hydroxylation is 2. The largest absolute Gasteiger partial charge is 0.456 e. The van der Waals surface area contributed by atoms with E-state index in [-0.39, 0.29) is 12.0 Å². The lowest BCUT2D eigenvalue weighted by atomic mass is 9.98. The summed E-state index contributed by atoms with van der Waals surface area (Å²) in [4.78, 5) is 36.1.